The second-order valence-corrected chi connectivity index (χ2v) is 7.12. The van der Waals surface area contributed by atoms with Crippen molar-refractivity contribution in [3.63, 3.8) is 0 Å². The van der Waals surface area contributed by atoms with Crippen LogP contribution < -0.4 is 17.2 Å². The SMILES string of the molecule is Nc1cc(Cl)c(I)cc1N.Nc1cc(Cl)c(I)cc1[N+](=O)[O-]. The zero-order valence-corrected chi connectivity index (χ0v) is 16.6. The second-order valence-electron chi connectivity index (χ2n) is 3.98. The average Bonchev–Trinajstić information content (AvgIpc) is 2.41. The van der Waals surface area contributed by atoms with Crippen LogP contribution in [0, 0.1) is 17.3 Å². The van der Waals surface area contributed by atoms with Crippen molar-refractivity contribution in [2.75, 3.05) is 17.2 Å². The lowest BCUT2D eigenvalue weighted by Crippen LogP contribution is -1.96. The maximum atomic E-state index is 10.4. The topological polar surface area (TPSA) is 121 Å². The van der Waals surface area contributed by atoms with Gasteiger partial charge in [-0.3, -0.25) is 10.1 Å². The molecule has 2 aromatic carbocycles. The van der Waals surface area contributed by atoms with Crippen LogP contribution in [0.4, 0.5) is 22.7 Å². The smallest absolute Gasteiger partial charge is 0.293 e. The maximum absolute atomic E-state index is 10.4. The number of halogens is 4. The second kappa shape index (κ2) is 8.22. The van der Waals surface area contributed by atoms with Crippen molar-refractivity contribution in [2.45, 2.75) is 0 Å². The number of hydrogen-bond donors (Lipinski definition) is 3. The lowest BCUT2D eigenvalue weighted by Gasteiger charge is -2.01. The van der Waals surface area contributed by atoms with Crippen molar-refractivity contribution in [2.24, 2.45) is 0 Å². The van der Waals surface area contributed by atoms with Gasteiger partial charge in [-0.2, -0.15) is 0 Å². The lowest BCUT2D eigenvalue weighted by molar-refractivity contribution is -0.384. The summed E-state index contributed by atoms with van der Waals surface area (Å²) in [5, 5.41) is 11.4. The highest BCUT2D eigenvalue weighted by Crippen LogP contribution is 2.29. The van der Waals surface area contributed by atoms with Crippen molar-refractivity contribution in [3.05, 3.63) is 51.6 Å². The van der Waals surface area contributed by atoms with Crippen LogP contribution in [0.15, 0.2) is 24.3 Å². The molecule has 0 heterocycles. The van der Waals surface area contributed by atoms with Crippen molar-refractivity contribution in [3.8, 4) is 0 Å². The van der Waals surface area contributed by atoms with Crippen LogP contribution in [0.1, 0.15) is 0 Å². The Kier molecular flexibility index (Phi) is 7.22. The molecular weight excluding hydrogens is 557 g/mol. The van der Waals surface area contributed by atoms with E-state index in [-0.39, 0.29) is 11.4 Å². The van der Waals surface area contributed by atoms with E-state index in [1.54, 1.807) is 12.1 Å². The molecule has 10 heteroatoms. The molecule has 0 spiro atoms. The van der Waals surface area contributed by atoms with Crippen LogP contribution in [-0.2, 0) is 0 Å². The molecule has 0 saturated heterocycles. The Morgan fingerprint density at radius 3 is 1.73 bits per heavy atom. The molecule has 0 amide bonds. The van der Waals surface area contributed by atoms with Crippen LogP contribution >= 0.6 is 68.4 Å². The zero-order valence-electron chi connectivity index (χ0n) is 10.8. The fraction of sp³-hybridized carbons (Fsp3) is 0. The largest absolute Gasteiger partial charge is 0.397 e. The number of anilines is 3. The highest BCUT2D eigenvalue weighted by Gasteiger charge is 2.13. The summed E-state index contributed by atoms with van der Waals surface area (Å²) >= 11 is 15.4. The van der Waals surface area contributed by atoms with Gasteiger partial charge in [-0.25, -0.2) is 0 Å². The number of nitrogens with zero attached hydrogens (tertiary/aromatic N) is 1. The first kappa shape index (κ1) is 19.3. The maximum Gasteiger partial charge on any atom is 0.293 e. The first-order valence-corrected chi connectivity index (χ1v) is 8.43. The zero-order chi connectivity index (χ0) is 17.0. The third-order valence-corrected chi connectivity index (χ3v) is 5.44. The van der Waals surface area contributed by atoms with Gasteiger partial charge in [-0.1, -0.05) is 23.2 Å². The van der Waals surface area contributed by atoms with Crippen LogP contribution in [0.25, 0.3) is 0 Å². The van der Waals surface area contributed by atoms with Gasteiger partial charge < -0.3 is 17.2 Å². The van der Waals surface area contributed by atoms with E-state index in [2.05, 4.69) is 22.6 Å². The highest BCUT2D eigenvalue weighted by atomic mass is 127. The fourth-order valence-corrected chi connectivity index (χ4v) is 2.57. The Hall–Kier alpha value is -0.720. The van der Waals surface area contributed by atoms with Crippen LogP contribution in [0.3, 0.4) is 0 Å². The number of nitro groups is 1. The first-order chi connectivity index (χ1) is 10.1. The van der Waals surface area contributed by atoms with E-state index in [0.717, 1.165) is 3.57 Å². The molecule has 0 atom stereocenters. The summed E-state index contributed by atoms with van der Waals surface area (Å²) in [7, 11) is 0. The van der Waals surface area contributed by atoms with E-state index >= 15 is 0 Å². The van der Waals surface area contributed by atoms with E-state index in [1.807, 2.05) is 22.6 Å². The summed E-state index contributed by atoms with van der Waals surface area (Å²) in [6.45, 7) is 0. The van der Waals surface area contributed by atoms with E-state index in [0.29, 0.717) is 25.0 Å². The van der Waals surface area contributed by atoms with Gasteiger partial charge in [0.1, 0.15) is 5.69 Å². The molecule has 6 nitrogen and oxygen atoms in total. The summed E-state index contributed by atoms with van der Waals surface area (Å²) in [4.78, 5) is 9.83. The number of nitro benzene ring substituents is 1. The van der Waals surface area contributed by atoms with Gasteiger partial charge in [0, 0.05) is 13.2 Å². The molecule has 0 aliphatic carbocycles. The average molecular weight is 567 g/mol. The first-order valence-electron chi connectivity index (χ1n) is 5.52. The Morgan fingerprint density at radius 2 is 1.27 bits per heavy atom. The van der Waals surface area contributed by atoms with E-state index < -0.39 is 4.92 Å². The molecule has 0 unspecified atom stereocenters. The van der Waals surface area contributed by atoms with Gasteiger partial charge in [-0.15, -0.1) is 0 Å². The Balaban J connectivity index is 0.000000224. The molecule has 0 saturated carbocycles. The summed E-state index contributed by atoms with van der Waals surface area (Å²) < 4.78 is 1.54. The molecule has 0 radical (unpaired) electrons. The molecule has 6 N–H and O–H groups in total. The van der Waals surface area contributed by atoms with Gasteiger partial charge in [-0.05, 0) is 63.4 Å². The molecule has 2 rings (SSSR count). The standard InChI is InChI=1S/C6H4ClIN2O2.C6H6ClIN2/c7-3-1-5(9)6(10(11)12)2-4(3)8;7-3-1-5(9)6(10)2-4(3)8/h1-2H,9H2;1-2H,9-10H2. The minimum Gasteiger partial charge on any atom is -0.397 e. The lowest BCUT2D eigenvalue weighted by atomic mass is 10.3. The minimum atomic E-state index is -0.534. The minimum absolute atomic E-state index is 0.0883. The molecule has 0 bridgehead atoms. The Labute approximate surface area is 163 Å². The molecular formula is C12H10Cl2I2N4O2. The van der Waals surface area contributed by atoms with Crippen molar-refractivity contribution < 1.29 is 4.92 Å². The number of nitrogens with two attached hydrogens (primary N) is 3. The quantitative estimate of drug-likeness (QED) is 0.202. The monoisotopic (exact) mass is 566 g/mol. The predicted molar refractivity (Wildman–Crippen MR) is 108 cm³/mol. The summed E-state index contributed by atoms with van der Waals surface area (Å²) in [5.41, 5.74) is 17.4. The van der Waals surface area contributed by atoms with Gasteiger partial charge >= 0.3 is 0 Å². The molecule has 118 valence electrons. The third kappa shape index (κ3) is 5.18. The Morgan fingerprint density at radius 1 is 0.864 bits per heavy atom. The van der Waals surface area contributed by atoms with Gasteiger partial charge in [0.05, 0.1) is 26.3 Å². The van der Waals surface area contributed by atoms with E-state index in [4.69, 9.17) is 40.4 Å². The number of nitrogen functional groups attached to an aromatic ring is 3. The molecule has 0 fully saturated rings. The molecule has 22 heavy (non-hydrogen) atoms. The van der Waals surface area contributed by atoms with Crippen molar-refractivity contribution in [1.82, 2.24) is 0 Å². The van der Waals surface area contributed by atoms with Crippen molar-refractivity contribution >= 4 is 91.1 Å². The third-order valence-electron chi connectivity index (χ3n) is 2.39. The van der Waals surface area contributed by atoms with Crippen LogP contribution in [0.2, 0.25) is 10.0 Å². The van der Waals surface area contributed by atoms with Gasteiger partial charge in [0.15, 0.2) is 0 Å². The predicted octanol–water partition coefficient (Wildman–Crippen LogP) is 4.54. The number of rotatable bonds is 1. The van der Waals surface area contributed by atoms with Crippen LogP contribution in [-0.4, -0.2) is 4.92 Å². The van der Waals surface area contributed by atoms with Gasteiger partial charge in [0.25, 0.3) is 5.69 Å². The summed E-state index contributed by atoms with van der Waals surface area (Å²) in [6.07, 6.45) is 0. The van der Waals surface area contributed by atoms with E-state index in [9.17, 15) is 10.1 Å². The normalized spacial score (nSPS) is 9.82. The Bertz CT molecular complexity index is 679. The summed E-state index contributed by atoms with van der Waals surface area (Å²) in [5.74, 6) is 0. The fourth-order valence-electron chi connectivity index (χ4n) is 1.29. The van der Waals surface area contributed by atoms with Crippen molar-refractivity contribution in [1.29, 1.82) is 0 Å². The molecule has 0 aliphatic heterocycles. The molecule has 0 aromatic heterocycles. The highest BCUT2D eigenvalue weighted by molar-refractivity contribution is 14.1. The number of hydrogen-bond acceptors (Lipinski definition) is 5. The van der Waals surface area contributed by atoms with Crippen LogP contribution in [0.5, 0.6) is 0 Å². The number of benzene rings is 2. The summed E-state index contributed by atoms with van der Waals surface area (Å²) in [6, 6.07) is 6.12. The molecule has 0 aliphatic rings. The van der Waals surface area contributed by atoms with Gasteiger partial charge in [0.2, 0.25) is 0 Å². The molecule has 2 aromatic rings. The van der Waals surface area contributed by atoms with E-state index in [1.165, 1.54) is 12.1 Å².